The maximum atomic E-state index is 2.33. The summed E-state index contributed by atoms with van der Waals surface area (Å²) in [5, 5.41) is 14.8. The van der Waals surface area contributed by atoms with E-state index in [4.69, 9.17) is 0 Å². The van der Waals surface area contributed by atoms with E-state index in [-0.39, 0.29) is 0 Å². The predicted octanol–water partition coefficient (Wildman–Crippen LogP) is 15.1. The summed E-state index contributed by atoms with van der Waals surface area (Å²) in [5.74, 6) is 0. The van der Waals surface area contributed by atoms with Gasteiger partial charge < -0.3 is 0 Å². The molecule has 0 aromatic heterocycles. The van der Waals surface area contributed by atoms with Gasteiger partial charge in [0, 0.05) is 0 Å². The second-order valence-electron chi connectivity index (χ2n) is 13.5. The first-order valence-corrected chi connectivity index (χ1v) is 35.1. The second kappa shape index (κ2) is 46.4. The zero-order valence-electron chi connectivity index (χ0n) is 33.5. The van der Waals surface area contributed by atoms with Crippen molar-refractivity contribution >= 4 is 64.0 Å². The summed E-state index contributed by atoms with van der Waals surface area (Å²) in [6, 6.07) is 10.3. The summed E-state index contributed by atoms with van der Waals surface area (Å²) >= 11 is 0.426. The van der Waals surface area contributed by atoms with Crippen LogP contribution in [-0.4, -0.2) is 59.6 Å². The molecule has 0 amide bonds. The van der Waals surface area contributed by atoms with Crippen molar-refractivity contribution in [2.45, 2.75) is 225 Å². The van der Waals surface area contributed by atoms with Crippen molar-refractivity contribution in [3.8, 4) is 0 Å². The maximum absolute atomic E-state index is 2.33. The van der Waals surface area contributed by atoms with E-state index in [1.54, 1.807) is 47.3 Å². The van der Waals surface area contributed by atoms with Gasteiger partial charge in [0.1, 0.15) is 0 Å². The fourth-order valence-electron chi connectivity index (χ4n) is 5.40. The van der Waals surface area contributed by atoms with Crippen LogP contribution in [0.15, 0.2) is 30.3 Å². The molecule has 0 unspecified atom stereocenters. The van der Waals surface area contributed by atoms with Crippen molar-refractivity contribution in [1.29, 1.82) is 0 Å². The van der Waals surface area contributed by atoms with E-state index in [9.17, 15) is 0 Å². The van der Waals surface area contributed by atoms with Gasteiger partial charge in [-0.1, -0.05) is 0 Å². The van der Waals surface area contributed by atoms with Gasteiger partial charge in [-0.3, -0.25) is 0 Å². The van der Waals surface area contributed by atoms with E-state index < -0.39 is 43.0 Å². The fourth-order valence-corrected chi connectivity index (χ4v) is 26.6. The average Bonchev–Trinajstić information content (AvgIpc) is 3.08. The van der Waals surface area contributed by atoms with Crippen molar-refractivity contribution in [3.05, 3.63) is 30.3 Å². The second-order valence-corrected chi connectivity index (χ2v) is 33.6. The SMILES string of the molecule is CCC[CH2][Ge]([CH2]CCC)[CH2]CCC.CCC[CH2][Ge]([CH2]CCC)[CH2]CCC.CCC[CH2][Ge]([CH2]CCC)[CH2]CCC.[Ge][c]1ccccc1. The van der Waals surface area contributed by atoms with Crippen LogP contribution in [0.25, 0.3) is 0 Å². The number of benzene rings is 1. The first-order chi connectivity index (χ1) is 22.4. The molecular weight excluding hydrogens is 795 g/mol. The molecule has 1 aromatic rings. The average molecular weight is 882 g/mol. The molecule has 1 aromatic carbocycles. The molecule has 0 spiro atoms. The Morgan fingerprint density at radius 3 is 0.609 bits per heavy atom. The molecule has 0 atom stereocenters. The van der Waals surface area contributed by atoms with E-state index in [0.29, 0.717) is 0 Å². The van der Waals surface area contributed by atoms with Crippen molar-refractivity contribution < 1.29 is 0 Å². The predicted molar refractivity (Wildman–Crippen MR) is 227 cm³/mol. The molecule has 0 aliphatic carbocycles. The topological polar surface area (TPSA) is 0 Å². The third-order valence-electron chi connectivity index (χ3n) is 8.73. The van der Waals surface area contributed by atoms with E-state index in [0.717, 1.165) is 0 Å². The molecule has 1 rings (SSSR count). The van der Waals surface area contributed by atoms with E-state index in [2.05, 4.69) is 91.0 Å². The summed E-state index contributed by atoms with van der Waals surface area (Å²) in [6.45, 7) is 21.0. The molecule has 270 valence electrons. The molecule has 0 fully saturated rings. The molecular formula is C42H86Ge4. The molecule has 0 bridgehead atoms. The van der Waals surface area contributed by atoms with Crippen LogP contribution < -0.4 is 4.40 Å². The Morgan fingerprint density at radius 2 is 0.500 bits per heavy atom. The first-order valence-electron chi connectivity index (χ1n) is 20.7. The molecule has 0 aliphatic rings. The quantitative estimate of drug-likeness (QED) is 0.0773. The Hall–Kier alpha value is 1.39. The van der Waals surface area contributed by atoms with Crippen molar-refractivity contribution in [3.63, 3.8) is 0 Å². The summed E-state index contributed by atoms with van der Waals surface area (Å²) in [6.07, 6.45) is 26.4. The van der Waals surface area contributed by atoms with Gasteiger partial charge in [-0.05, 0) is 0 Å². The third-order valence-corrected chi connectivity index (χ3v) is 29.5. The van der Waals surface area contributed by atoms with Crippen molar-refractivity contribution in [2.24, 2.45) is 0 Å². The third kappa shape index (κ3) is 43.4. The Bertz CT molecular complexity index is 509. The molecule has 0 saturated carbocycles. The molecule has 0 saturated heterocycles. The molecule has 0 nitrogen and oxygen atoms in total. The van der Waals surface area contributed by atoms with Crippen LogP contribution >= 0.6 is 0 Å². The van der Waals surface area contributed by atoms with E-state index in [1.807, 2.05) is 18.2 Å². The van der Waals surface area contributed by atoms with Gasteiger partial charge in [-0.15, -0.1) is 0 Å². The number of rotatable bonds is 27. The molecule has 0 aliphatic heterocycles. The Kier molecular flexibility index (Phi) is 52.2. The van der Waals surface area contributed by atoms with Gasteiger partial charge >= 0.3 is 319 Å². The number of hydrogen-bond acceptors (Lipinski definition) is 0. The van der Waals surface area contributed by atoms with Crippen molar-refractivity contribution in [1.82, 2.24) is 0 Å². The van der Waals surface area contributed by atoms with Crippen LogP contribution in [-0.2, 0) is 0 Å². The summed E-state index contributed by atoms with van der Waals surface area (Å²) in [7, 11) is 0. The van der Waals surface area contributed by atoms with Gasteiger partial charge in [0.2, 0.25) is 0 Å². The normalized spacial score (nSPS) is 10.7. The Morgan fingerprint density at radius 1 is 0.326 bits per heavy atom. The summed E-state index contributed by atoms with van der Waals surface area (Å²) in [5.41, 5.74) is 0. The minimum absolute atomic E-state index is 0.552. The van der Waals surface area contributed by atoms with Crippen LogP contribution in [0.5, 0.6) is 0 Å². The Balaban J connectivity index is -0.000000546. The molecule has 0 heterocycles. The molecule has 6 radical (unpaired) electrons. The zero-order valence-corrected chi connectivity index (χ0v) is 41.9. The molecule has 4 heteroatoms. The van der Waals surface area contributed by atoms with Crippen LogP contribution in [0.4, 0.5) is 0 Å². The van der Waals surface area contributed by atoms with E-state index in [1.165, 1.54) is 120 Å². The first kappa shape index (κ1) is 51.8. The molecule has 0 N–H and O–H groups in total. The van der Waals surface area contributed by atoms with Gasteiger partial charge in [0.25, 0.3) is 0 Å². The monoisotopic (exact) mass is 886 g/mol. The van der Waals surface area contributed by atoms with Gasteiger partial charge in [0.15, 0.2) is 0 Å². The minimum atomic E-state index is -0.552. The summed E-state index contributed by atoms with van der Waals surface area (Å²) in [4.78, 5) is 0. The van der Waals surface area contributed by atoms with E-state index >= 15 is 0 Å². The van der Waals surface area contributed by atoms with Crippen LogP contribution in [0.2, 0.25) is 47.3 Å². The number of hydrogen-bond donors (Lipinski definition) is 0. The zero-order chi connectivity index (χ0) is 34.9. The van der Waals surface area contributed by atoms with Crippen LogP contribution in [0, 0.1) is 0 Å². The summed E-state index contributed by atoms with van der Waals surface area (Å²) < 4.78 is 1.32. The molecule has 46 heavy (non-hydrogen) atoms. The van der Waals surface area contributed by atoms with Gasteiger partial charge in [0.05, 0.1) is 0 Å². The Labute approximate surface area is 316 Å². The number of unbranched alkanes of at least 4 members (excludes halogenated alkanes) is 9. The van der Waals surface area contributed by atoms with Crippen LogP contribution in [0.1, 0.15) is 178 Å². The van der Waals surface area contributed by atoms with Crippen LogP contribution in [0.3, 0.4) is 0 Å². The van der Waals surface area contributed by atoms with Gasteiger partial charge in [-0.25, -0.2) is 0 Å². The fraction of sp³-hybridized carbons (Fsp3) is 0.857. The standard InChI is InChI=1S/3C12H27Ge.C6H5Ge/c3*1-4-7-10-13(11-8-5-2)12-9-6-3;7-6-4-2-1-3-5-6/h3*4-12H2,1-3H3;1-5H. The van der Waals surface area contributed by atoms with Crippen molar-refractivity contribution in [2.75, 3.05) is 0 Å². The van der Waals surface area contributed by atoms with Gasteiger partial charge in [-0.2, -0.15) is 0 Å².